The van der Waals surface area contributed by atoms with E-state index in [1.807, 2.05) is 14.1 Å². The Balaban J connectivity index is 2.68. The van der Waals surface area contributed by atoms with Crippen molar-refractivity contribution < 1.29 is 13.5 Å². The summed E-state index contributed by atoms with van der Waals surface area (Å²) in [7, 11) is 0.854. The molecule has 0 aromatic rings. The zero-order valence-electron chi connectivity index (χ0n) is 13.5. The Kier molecular flexibility index (Phi) is 6.01. The van der Waals surface area contributed by atoms with E-state index in [-0.39, 0.29) is 11.5 Å². The van der Waals surface area contributed by atoms with Crippen molar-refractivity contribution in [3.8, 4) is 0 Å². The normalized spacial score (nSPS) is 26.4. The van der Waals surface area contributed by atoms with Gasteiger partial charge in [-0.1, -0.05) is 6.92 Å². The number of aliphatic hydroxyl groups is 1. The summed E-state index contributed by atoms with van der Waals surface area (Å²) in [6, 6.07) is 0. The van der Waals surface area contributed by atoms with Crippen molar-refractivity contribution in [2.24, 2.45) is 5.92 Å². The fourth-order valence-electron chi connectivity index (χ4n) is 2.94. The first-order valence-electron chi connectivity index (χ1n) is 7.42. The van der Waals surface area contributed by atoms with Crippen LogP contribution in [-0.2, 0) is 10.0 Å². The van der Waals surface area contributed by atoms with Crippen LogP contribution in [0.1, 0.15) is 39.5 Å². The second-order valence-electron chi connectivity index (χ2n) is 6.49. The van der Waals surface area contributed by atoms with Gasteiger partial charge in [-0.2, -0.15) is 0 Å². The molecule has 0 radical (unpaired) electrons. The van der Waals surface area contributed by atoms with Gasteiger partial charge in [0.1, 0.15) is 0 Å². The highest BCUT2D eigenvalue weighted by Gasteiger charge is 2.36. The lowest BCUT2D eigenvalue weighted by Gasteiger charge is -2.42. The number of sulfonamides is 1. The van der Waals surface area contributed by atoms with Gasteiger partial charge < -0.3 is 10.0 Å². The topological polar surface area (TPSA) is 60.9 Å². The Bertz CT molecular complexity index is 411. The van der Waals surface area contributed by atoms with Crippen LogP contribution in [0.2, 0.25) is 0 Å². The number of hydrogen-bond acceptors (Lipinski definition) is 4. The first-order valence-corrected chi connectivity index (χ1v) is 9.26. The Hall–Kier alpha value is -0.170. The standard InChI is InChI=1S/C14H30N2O3S/c1-6-14(2,15(3)4)13(17)10-12-8-7-9-16(11-12)20(5,18)19/h12-13,17H,6-11H2,1-5H3. The molecule has 0 amide bonds. The predicted octanol–water partition coefficient (Wildman–Crippen LogP) is 1.14. The van der Waals surface area contributed by atoms with Crippen molar-refractivity contribution in [3.63, 3.8) is 0 Å². The average Bonchev–Trinajstić information content (AvgIpc) is 2.36. The number of piperidine rings is 1. The summed E-state index contributed by atoms with van der Waals surface area (Å²) in [6.07, 6.45) is 4.23. The molecule has 5 nitrogen and oxygen atoms in total. The number of rotatable bonds is 6. The van der Waals surface area contributed by atoms with Crippen LogP contribution in [0.4, 0.5) is 0 Å². The molecule has 0 aromatic heterocycles. The van der Waals surface area contributed by atoms with E-state index in [1.165, 1.54) is 6.26 Å². The van der Waals surface area contributed by atoms with Crippen molar-refractivity contribution in [2.45, 2.75) is 51.2 Å². The van der Waals surface area contributed by atoms with Crippen LogP contribution >= 0.6 is 0 Å². The summed E-state index contributed by atoms with van der Waals surface area (Å²) in [6.45, 7) is 5.30. The fraction of sp³-hybridized carbons (Fsp3) is 1.00. The first kappa shape index (κ1) is 17.9. The van der Waals surface area contributed by atoms with Gasteiger partial charge in [-0.3, -0.25) is 0 Å². The lowest BCUT2D eigenvalue weighted by atomic mass is 9.82. The number of nitrogens with zero attached hydrogens (tertiary/aromatic N) is 2. The highest BCUT2D eigenvalue weighted by Crippen LogP contribution is 2.29. The van der Waals surface area contributed by atoms with Gasteiger partial charge in [-0.05, 0) is 52.6 Å². The van der Waals surface area contributed by atoms with Crippen LogP contribution in [0.5, 0.6) is 0 Å². The van der Waals surface area contributed by atoms with Gasteiger partial charge in [0.25, 0.3) is 0 Å². The van der Waals surface area contributed by atoms with E-state index in [1.54, 1.807) is 4.31 Å². The third-order valence-electron chi connectivity index (χ3n) is 4.96. The van der Waals surface area contributed by atoms with Crippen molar-refractivity contribution in [1.29, 1.82) is 0 Å². The molecule has 1 heterocycles. The molecule has 1 N–H and O–H groups in total. The summed E-state index contributed by atoms with van der Waals surface area (Å²) in [4.78, 5) is 2.06. The second kappa shape index (κ2) is 6.73. The molecule has 1 fully saturated rings. The fourth-order valence-corrected chi connectivity index (χ4v) is 3.88. The van der Waals surface area contributed by atoms with Crippen LogP contribution in [0.25, 0.3) is 0 Å². The average molecular weight is 306 g/mol. The van der Waals surface area contributed by atoms with Crippen molar-refractivity contribution in [2.75, 3.05) is 33.4 Å². The second-order valence-corrected chi connectivity index (χ2v) is 8.47. The van der Waals surface area contributed by atoms with Gasteiger partial charge >= 0.3 is 0 Å². The minimum Gasteiger partial charge on any atom is -0.391 e. The van der Waals surface area contributed by atoms with Crippen LogP contribution < -0.4 is 0 Å². The molecule has 1 saturated heterocycles. The van der Waals surface area contributed by atoms with E-state index in [0.29, 0.717) is 19.5 Å². The van der Waals surface area contributed by atoms with Gasteiger partial charge in [0, 0.05) is 18.6 Å². The number of aliphatic hydroxyl groups excluding tert-OH is 1. The minimum atomic E-state index is -3.11. The molecule has 6 heteroatoms. The van der Waals surface area contributed by atoms with Gasteiger partial charge in [-0.15, -0.1) is 0 Å². The van der Waals surface area contributed by atoms with Gasteiger partial charge in [-0.25, -0.2) is 12.7 Å². The van der Waals surface area contributed by atoms with Crippen LogP contribution in [-0.4, -0.2) is 67.8 Å². The molecule has 20 heavy (non-hydrogen) atoms. The van der Waals surface area contributed by atoms with Crippen LogP contribution in [0.15, 0.2) is 0 Å². The highest BCUT2D eigenvalue weighted by molar-refractivity contribution is 7.88. The molecule has 1 rings (SSSR count). The number of hydrogen-bond donors (Lipinski definition) is 1. The van der Waals surface area contributed by atoms with E-state index >= 15 is 0 Å². The van der Waals surface area contributed by atoms with Gasteiger partial charge in [0.2, 0.25) is 10.0 Å². The van der Waals surface area contributed by atoms with Crippen LogP contribution in [0, 0.1) is 5.92 Å². The molecule has 0 aliphatic carbocycles. The van der Waals surface area contributed by atoms with E-state index in [4.69, 9.17) is 0 Å². The summed E-state index contributed by atoms with van der Waals surface area (Å²) in [5.41, 5.74) is -0.257. The Morgan fingerprint density at radius 1 is 1.45 bits per heavy atom. The van der Waals surface area contributed by atoms with Crippen molar-refractivity contribution >= 4 is 10.0 Å². The smallest absolute Gasteiger partial charge is 0.211 e. The van der Waals surface area contributed by atoms with Crippen molar-refractivity contribution in [3.05, 3.63) is 0 Å². The molecule has 120 valence electrons. The Morgan fingerprint density at radius 2 is 2.05 bits per heavy atom. The molecular weight excluding hydrogens is 276 g/mol. The molecule has 3 atom stereocenters. The molecule has 0 aromatic carbocycles. The molecule has 1 aliphatic heterocycles. The summed E-state index contributed by atoms with van der Waals surface area (Å²) in [5, 5.41) is 10.6. The molecular formula is C14H30N2O3S. The zero-order chi connectivity index (χ0) is 15.6. The molecule has 0 spiro atoms. The summed E-state index contributed by atoms with van der Waals surface area (Å²) in [5.74, 6) is 0.249. The largest absolute Gasteiger partial charge is 0.391 e. The Morgan fingerprint density at radius 3 is 2.50 bits per heavy atom. The zero-order valence-corrected chi connectivity index (χ0v) is 14.3. The third kappa shape index (κ3) is 4.16. The van der Waals surface area contributed by atoms with E-state index < -0.39 is 16.1 Å². The van der Waals surface area contributed by atoms with E-state index in [0.717, 1.165) is 19.3 Å². The maximum Gasteiger partial charge on any atom is 0.211 e. The first-order chi connectivity index (χ1) is 9.11. The molecule has 1 aliphatic rings. The monoisotopic (exact) mass is 306 g/mol. The molecule has 3 unspecified atom stereocenters. The molecule has 0 bridgehead atoms. The predicted molar refractivity (Wildman–Crippen MR) is 82.1 cm³/mol. The molecule has 0 saturated carbocycles. The van der Waals surface area contributed by atoms with Crippen LogP contribution in [0.3, 0.4) is 0 Å². The lowest BCUT2D eigenvalue weighted by Crippen LogP contribution is -2.52. The maximum absolute atomic E-state index is 11.6. The minimum absolute atomic E-state index is 0.249. The van der Waals surface area contributed by atoms with E-state index in [9.17, 15) is 13.5 Å². The lowest BCUT2D eigenvalue weighted by molar-refractivity contribution is -0.0158. The maximum atomic E-state index is 11.6. The quantitative estimate of drug-likeness (QED) is 0.799. The van der Waals surface area contributed by atoms with Gasteiger partial charge in [0.15, 0.2) is 0 Å². The highest BCUT2D eigenvalue weighted by atomic mass is 32.2. The van der Waals surface area contributed by atoms with Crippen molar-refractivity contribution in [1.82, 2.24) is 9.21 Å². The van der Waals surface area contributed by atoms with E-state index in [2.05, 4.69) is 18.7 Å². The Labute approximate surface area is 124 Å². The summed E-state index contributed by atoms with van der Waals surface area (Å²) >= 11 is 0. The number of likely N-dealkylation sites (N-methyl/N-ethyl adjacent to an activating group) is 1. The third-order valence-corrected chi connectivity index (χ3v) is 6.23. The summed E-state index contributed by atoms with van der Waals surface area (Å²) < 4.78 is 24.8. The van der Waals surface area contributed by atoms with Gasteiger partial charge in [0.05, 0.1) is 12.4 Å². The SMILES string of the molecule is CCC(C)(C(O)CC1CCCN(S(C)(=O)=O)C1)N(C)C.